The van der Waals surface area contributed by atoms with Gasteiger partial charge in [0.1, 0.15) is 13.2 Å². The molecule has 0 saturated carbocycles. The van der Waals surface area contributed by atoms with Gasteiger partial charge in [-0.25, -0.2) is 0 Å². The van der Waals surface area contributed by atoms with Gasteiger partial charge in [0.05, 0.1) is 0 Å². The minimum absolute atomic E-state index is 0.224. The molecule has 1 aromatic heterocycles. The van der Waals surface area contributed by atoms with E-state index in [4.69, 9.17) is 13.9 Å². The molecule has 1 aliphatic heterocycles. The summed E-state index contributed by atoms with van der Waals surface area (Å²) in [4.78, 5) is 11.8. The maximum Gasteiger partial charge on any atom is 0.287 e. The second-order valence-corrected chi connectivity index (χ2v) is 5.37. The highest BCUT2D eigenvalue weighted by molar-refractivity contribution is 9.10. The van der Waals surface area contributed by atoms with Gasteiger partial charge in [-0.3, -0.25) is 4.79 Å². The summed E-state index contributed by atoms with van der Waals surface area (Å²) in [5, 5.41) is 2.82. The number of nitrogens with one attached hydrogen (secondary N) is 1. The minimum Gasteiger partial charge on any atom is -0.486 e. The van der Waals surface area contributed by atoms with Gasteiger partial charge in [0.15, 0.2) is 21.9 Å². The molecule has 0 bridgehead atoms. The van der Waals surface area contributed by atoms with Gasteiger partial charge in [0.2, 0.25) is 0 Å². The molecule has 21 heavy (non-hydrogen) atoms. The zero-order valence-corrected chi connectivity index (χ0v) is 12.8. The van der Waals surface area contributed by atoms with Crippen LogP contribution in [0.25, 0.3) is 0 Å². The average Bonchev–Trinajstić information content (AvgIpc) is 2.94. The summed E-state index contributed by atoms with van der Waals surface area (Å²) in [6, 6.07) is 9.14. The molecule has 0 atom stereocenters. The summed E-state index contributed by atoms with van der Waals surface area (Å²) in [7, 11) is 0. The minimum atomic E-state index is -0.224. The first-order valence-corrected chi connectivity index (χ1v) is 7.44. The van der Waals surface area contributed by atoms with Crippen LogP contribution in [0.2, 0.25) is 0 Å². The number of rotatable bonds is 4. The Morgan fingerprint density at radius 2 is 1.95 bits per heavy atom. The highest BCUT2D eigenvalue weighted by Crippen LogP contribution is 2.30. The number of hydrogen-bond donors (Lipinski definition) is 1. The van der Waals surface area contributed by atoms with E-state index in [0.29, 0.717) is 36.6 Å². The van der Waals surface area contributed by atoms with E-state index in [1.807, 2.05) is 18.2 Å². The number of furan rings is 1. The standard InChI is InChI=1S/C15H14BrNO4/c16-14-4-3-12(21-14)15(18)17-6-5-10-1-2-11-13(9-10)20-8-7-19-11/h1-4,9H,5-8H2,(H,17,18). The Morgan fingerprint density at radius 1 is 1.14 bits per heavy atom. The van der Waals surface area contributed by atoms with E-state index >= 15 is 0 Å². The number of carbonyl (C=O) groups excluding carboxylic acids is 1. The number of benzene rings is 1. The fourth-order valence-electron chi connectivity index (χ4n) is 2.09. The van der Waals surface area contributed by atoms with Crippen LogP contribution in [0.1, 0.15) is 16.1 Å². The summed E-state index contributed by atoms with van der Waals surface area (Å²) in [5.41, 5.74) is 1.08. The van der Waals surface area contributed by atoms with Crippen LogP contribution in [-0.4, -0.2) is 25.7 Å². The summed E-state index contributed by atoms with van der Waals surface area (Å²) >= 11 is 3.17. The van der Waals surface area contributed by atoms with E-state index in [-0.39, 0.29) is 5.91 Å². The van der Waals surface area contributed by atoms with Gasteiger partial charge >= 0.3 is 0 Å². The third-order valence-electron chi connectivity index (χ3n) is 3.10. The summed E-state index contributed by atoms with van der Waals surface area (Å²) in [5.74, 6) is 1.61. The molecule has 0 saturated heterocycles. The molecule has 0 radical (unpaired) electrons. The molecule has 1 aromatic carbocycles. The number of carbonyl (C=O) groups is 1. The first-order valence-electron chi connectivity index (χ1n) is 6.64. The van der Waals surface area contributed by atoms with Crippen molar-refractivity contribution < 1.29 is 18.7 Å². The van der Waals surface area contributed by atoms with Crippen molar-refractivity contribution in [3.8, 4) is 11.5 Å². The Morgan fingerprint density at radius 3 is 2.71 bits per heavy atom. The highest BCUT2D eigenvalue weighted by atomic mass is 79.9. The maximum atomic E-state index is 11.8. The largest absolute Gasteiger partial charge is 0.486 e. The molecule has 5 nitrogen and oxygen atoms in total. The van der Waals surface area contributed by atoms with Gasteiger partial charge in [-0.1, -0.05) is 6.07 Å². The van der Waals surface area contributed by atoms with Gasteiger partial charge in [0, 0.05) is 6.54 Å². The van der Waals surface area contributed by atoms with Crippen molar-refractivity contribution in [1.82, 2.24) is 5.32 Å². The molecule has 0 spiro atoms. The number of ether oxygens (including phenoxy) is 2. The zero-order chi connectivity index (χ0) is 14.7. The Bertz CT molecular complexity index is 653. The van der Waals surface area contributed by atoms with Crippen molar-refractivity contribution in [3.05, 3.63) is 46.3 Å². The van der Waals surface area contributed by atoms with E-state index in [1.54, 1.807) is 12.1 Å². The Kier molecular flexibility index (Phi) is 4.15. The monoisotopic (exact) mass is 351 g/mol. The molecule has 1 N–H and O–H groups in total. The van der Waals surface area contributed by atoms with Gasteiger partial charge in [-0.15, -0.1) is 0 Å². The zero-order valence-electron chi connectivity index (χ0n) is 11.2. The third-order valence-corrected chi connectivity index (χ3v) is 3.53. The van der Waals surface area contributed by atoms with Gasteiger partial charge in [-0.05, 0) is 52.2 Å². The quantitative estimate of drug-likeness (QED) is 0.919. The van der Waals surface area contributed by atoms with Crippen LogP contribution in [0.4, 0.5) is 0 Å². The Labute approximate surface area is 130 Å². The molecular formula is C15H14BrNO4. The molecule has 6 heteroatoms. The molecule has 1 amide bonds. The number of hydrogen-bond acceptors (Lipinski definition) is 4. The van der Waals surface area contributed by atoms with E-state index < -0.39 is 0 Å². The van der Waals surface area contributed by atoms with E-state index in [2.05, 4.69) is 21.2 Å². The molecular weight excluding hydrogens is 338 g/mol. The molecule has 2 heterocycles. The molecule has 110 valence electrons. The number of fused-ring (bicyclic) bond motifs is 1. The van der Waals surface area contributed by atoms with Gasteiger partial charge < -0.3 is 19.2 Å². The van der Waals surface area contributed by atoms with Crippen LogP contribution in [0.5, 0.6) is 11.5 Å². The Balaban J connectivity index is 1.54. The maximum absolute atomic E-state index is 11.8. The lowest BCUT2D eigenvalue weighted by Crippen LogP contribution is -2.25. The van der Waals surface area contributed by atoms with Crippen molar-refractivity contribution in [2.45, 2.75) is 6.42 Å². The lowest BCUT2D eigenvalue weighted by atomic mass is 10.1. The lowest BCUT2D eigenvalue weighted by Gasteiger charge is -2.18. The average molecular weight is 352 g/mol. The first-order chi connectivity index (χ1) is 10.2. The first kappa shape index (κ1) is 14.0. The molecule has 0 aliphatic carbocycles. The van der Waals surface area contributed by atoms with Crippen LogP contribution >= 0.6 is 15.9 Å². The smallest absolute Gasteiger partial charge is 0.287 e. The molecule has 0 fully saturated rings. The fraction of sp³-hybridized carbons (Fsp3) is 0.267. The SMILES string of the molecule is O=C(NCCc1ccc2c(c1)OCCO2)c1ccc(Br)o1. The highest BCUT2D eigenvalue weighted by Gasteiger charge is 2.12. The van der Waals surface area contributed by atoms with Crippen LogP contribution in [-0.2, 0) is 6.42 Å². The molecule has 0 unspecified atom stereocenters. The van der Waals surface area contributed by atoms with Gasteiger partial charge in [-0.2, -0.15) is 0 Å². The molecule has 1 aliphatic rings. The second kappa shape index (κ2) is 6.22. The van der Waals surface area contributed by atoms with Crippen LogP contribution in [0.3, 0.4) is 0 Å². The lowest BCUT2D eigenvalue weighted by molar-refractivity contribution is 0.0925. The van der Waals surface area contributed by atoms with E-state index in [9.17, 15) is 4.79 Å². The number of amides is 1. The second-order valence-electron chi connectivity index (χ2n) is 4.59. The van der Waals surface area contributed by atoms with E-state index in [0.717, 1.165) is 17.1 Å². The van der Waals surface area contributed by atoms with Crippen molar-refractivity contribution in [2.24, 2.45) is 0 Å². The van der Waals surface area contributed by atoms with Crippen LogP contribution in [0, 0.1) is 0 Å². The van der Waals surface area contributed by atoms with Crippen molar-refractivity contribution >= 4 is 21.8 Å². The van der Waals surface area contributed by atoms with Crippen LogP contribution < -0.4 is 14.8 Å². The molecule has 2 aromatic rings. The summed E-state index contributed by atoms with van der Waals surface area (Å²) in [6.45, 7) is 1.68. The summed E-state index contributed by atoms with van der Waals surface area (Å²) in [6.07, 6.45) is 0.713. The normalized spacial score (nSPS) is 13.0. The fourth-order valence-corrected chi connectivity index (χ4v) is 2.39. The topological polar surface area (TPSA) is 60.7 Å². The van der Waals surface area contributed by atoms with E-state index in [1.165, 1.54) is 0 Å². The van der Waals surface area contributed by atoms with Crippen molar-refractivity contribution in [3.63, 3.8) is 0 Å². The molecule has 3 rings (SSSR count). The van der Waals surface area contributed by atoms with Crippen LogP contribution in [0.15, 0.2) is 39.4 Å². The summed E-state index contributed by atoms with van der Waals surface area (Å²) < 4.78 is 16.7. The Hall–Kier alpha value is -1.95. The predicted molar refractivity (Wildman–Crippen MR) is 79.9 cm³/mol. The van der Waals surface area contributed by atoms with Gasteiger partial charge in [0.25, 0.3) is 5.91 Å². The third kappa shape index (κ3) is 3.39. The van der Waals surface area contributed by atoms with Crippen molar-refractivity contribution in [2.75, 3.05) is 19.8 Å². The number of halogens is 1. The van der Waals surface area contributed by atoms with Crippen molar-refractivity contribution in [1.29, 1.82) is 0 Å². The predicted octanol–water partition coefficient (Wildman–Crippen LogP) is 2.79.